The number of para-hydroxylation sites is 1. The van der Waals surface area contributed by atoms with Crippen molar-refractivity contribution in [2.45, 2.75) is 6.92 Å². The molecule has 1 saturated heterocycles. The molecule has 0 unspecified atom stereocenters. The molecule has 118 valence electrons. The van der Waals surface area contributed by atoms with Crippen LogP contribution >= 0.6 is 0 Å². The zero-order valence-electron chi connectivity index (χ0n) is 12.8. The Morgan fingerprint density at radius 1 is 1.30 bits per heavy atom. The standard InChI is InChI=1S/C16H17N5O2/c1-12-10-15(19-23-12)18-16(22)21-8-6-20(7-9-21)14-5-3-2-4-13(14)11-17/h2-5,10H,6-9H2,1H3,(H,18,19,22). The third kappa shape index (κ3) is 3.26. The van der Waals surface area contributed by atoms with Crippen molar-refractivity contribution in [2.24, 2.45) is 0 Å². The molecule has 1 aliphatic heterocycles. The molecule has 1 aromatic carbocycles. The maximum Gasteiger partial charge on any atom is 0.323 e. The van der Waals surface area contributed by atoms with Gasteiger partial charge in [0.2, 0.25) is 0 Å². The molecule has 2 heterocycles. The Morgan fingerprint density at radius 2 is 2.04 bits per heavy atom. The van der Waals surface area contributed by atoms with Gasteiger partial charge in [-0.15, -0.1) is 0 Å². The second kappa shape index (κ2) is 6.40. The van der Waals surface area contributed by atoms with E-state index in [1.54, 1.807) is 24.0 Å². The Morgan fingerprint density at radius 3 is 2.70 bits per heavy atom. The number of aromatic nitrogens is 1. The van der Waals surface area contributed by atoms with Crippen LogP contribution in [0.2, 0.25) is 0 Å². The van der Waals surface area contributed by atoms with Gasteiger partial charge in [-0.3, -0.25) is 5.32 Å². The van der Waals surface area contributed by atoms with Crippen LogP contribution in [0.4, 0.5) is 16.3 Å². The molecule has 2 amide bonds. The highest BCUT2D eigenvalue weighted by Crippen LogP contribution is 2.21. The molecule has 0 aliphatic carbocycles. The number of nitrogens with zero attached hydrogens (tertiary/aromatic N) is 4. The number of carbonyl (C=O) groups is 1. The van der Waals surface area contributed by atoms with Gasteiger partial charge in [-0.25, -0.2) is 4.79 Å². The quantitative estimate of drug-likeness (QED) is 0.919. The number of benzene rings is 1. The van der Waals surface area contributed by atoms with Crippen LogP contribution in [0.15, 0.2) is 34.9 Å². The van der Waals surface area contributed by atoms with E-state index in [2.05, 4.69) is 21.4 Å². The van der Waals surface area contributed by atoms with Crippen molar-refractivity contribution < 1.29 is 9.32 Å². The molecule has 1 aromatic heterocycles. The van der Waals surface area contributed by atoms with Crippen LogP contribution in [-0.2, 0) is 0 Å². The average molecular weight is 311 g/mol. The zero-order valence-corrected chi connectivity index (χ0v) is 12.8. The number of amides is 2. The number of aryl methyl sites for hydroxylation is 1. The molecule has 23 heavy (non-hydrogen) atoms. The monoisotopic (exact) mass is 311 g/mol. The molecular weight excluding hydrogens is 294 g/mol. The van der Waals surface area contributed by atoms with Gasteiger partial charge in [0.1, 0.15) is 11.8 Å². The van der Waals surface area contributed by atoms with Gasteiger partial charge in [-0.05, 0) is 19.1 Å². The van der Waals surface area contributed by atoms with Crippen LogP contribution in [0.1, 0.15) is 11.3 Å². The Bertz CT molecular complexity index is 741. The van der Waals surface area contributed by atoms with Crippen LogP contribution in [-0.4, -0.2) is 42.3 Å². The fourth-order valence-corrected chi connectivity index (χ4v) is 2.61. The molecule has 3 rings (SSSR count). The first-order valence-corrected chi connectivity index (χ1v) is 7.40. The first-order chi connectivity index (χ1) is 11.2. The van der Waals surface area contributed by atoms with Crippen LogP contribution in [0.3, 0.4) is 0 Å². The lowest BCUT2D eigenvalue weighted by Gasteiger charge is -2.36. The summed E-state index contributed by atoms with van der Waals surface area (Å²) in [4.78, 5) is 16.1. The predicted molar refractivity (Wildman–Crippen MR) is 85.2 cm³/mol. The van der Waals surface area contributed by atoms with Crippen molar-refractivity contribution >= 4 is 17.5 Å². The van der Waals surface area contributed by atoms with Crippen molar-refractivity contribution in [3.05, 3.63) is 41.7 Å². The molecule has 2 aromatic rings. The molecule has 7 nitrogen and oxygen atoms in total. The highest BCUT2D eigenvalue weighted by Gasteiger charge is 2.23. The SMILES string of the molecule is Cc1cc(NC(=O)N2CCN(c3ccccc3C#N)CC2)no1. The smallest absolute Gasteiger partial charge is 0.323 e. The molecule has 0 radical (unpaired) electrons. The molecule has 1 aliphatic rings. The molecule has 0 atom stereocenters. The van der Waals surface area contributed by atoms with Gasteiger partial charge in [0.25, 0.3) is 0 Å². The summed E-state index contributed by atoms with van der Waals surface area (Å²) >= 11 is 0. The summed E-state index contributed by atoms with van der Waals surface area (Å²) in [6.45, 7) is 4.31. The predicted octanol–water partition coefficient (Wildman–Crippen LogP) is 2.21. The highest BCUT2D eigenvalue weighted by molar-refractivity contribution is 5.88. The number of carbonyl (C=O) groups excluding carboxylic acids is 1. The minimum absolute atomic E-state index is 0.188. The summed E-state index contributed by atoms with van der Waals surface area (Å²) in [5.41, 5.74) is 1.57. The van der Waals surface area contributed by atoms with Gasteiger partial charge < -0.3 is 14.3 Å². The van der Waals surface area contributed by atoms with Crippen molar-refractivity contribution in [3.63, 3.8) is 0 Å². The number of hydrogen-bond donors (Lipinski definition) is 1. The number of nitrogens with one attached hydrogen (secondary N) is 1. The molecular formula is C16H17N5O2. The van der Waals surface area contributed by atoms with E-state index in [9.17, 15) is 10.1 Å². The van der Waals surface area contributed by atoms with Crippen LogP contribution in [0.25, 0.3) is 0 Å². The second-order valence-corrected chi connectivity index (χ2v) is 5.36. The minimum atomic E-state index is -0.188. The Balaban J connectivity index is 1.60. The van der Waals surface area contributed by atoms with E-state index >= 15 is 0 Å². The van der Waals surface area contributed by atoms with Crippen LogP contribution < -0.4 is 10.2 Å². The zero-order chi connectivity index (χ0) is 16.2. The Labute approximate surface area is 134 Å². The van der Waals surface area contributed by atoms with E-state index in [1.165, 1.54) is 0 Å². The highest BCUT2D eigenvalue weighted by atomic mass is 16.5. The molecule has 0 saturated carbocycles. The second-order valence-electron chi connectivity index (χ2n) is 5.36. The van der Waals surface area contributed by atoms with E-state index in [0.717, 1.165) is 5.69 Å². The van der Waals surface area contributed by atoms with Gasteiger partial charge in [-0.1, -0.05) is 17.3 Å². The number of hydrogen-bond acceptors (Lipinski definition) is 5. The maximum absolute atomic E-state index is 12.2. The Hall–Kier alpha value is -3.01. The summed E-state index contributed by atoms with van der Waals surface area (Å²) in [5.74, 6) is 1.07. The van der Waals surface area contributed by atoms with Gasteiger partial charge in [-0.2, -0.15) is 5.26 Å². The number of piperazine rings is 1. The number of rotatable bonds is 2. The lowest BCUT2D eigenvalue weighted by molar-refractivity contribution is 0.208. The Kier molecular flexibility index (Phi) is 4.15. The van der Waals surface area contributed by atoms with Crippen molar-refractivity contribution in [1.29, 1.82) is 5.26 Å². The summed E-state index contributed by atoms with van der Waals surface area (Å²) in [6.07, 6.45) is 0. The molecule has 1 N–H and O–H groups in total. The van der Waals surface area contributed by atoms with E-state index in [0.29, 0.717) is 43.3 Å². The number of anilines is 2. The van der Waals surface area contributed by atoms with Gasteiger partial charge in [0.15, 0.2) is 5.82 Å². The van der Waals surface area contributed by atoms with Crippen molar-refractivity contribution in [2.75, 3.05) is 36.4 Å². The number of urea groups is 1. The summed E-state index contributed by atoms with van der Waals surface area (Å²) in [6, 6.07) is 11.2. The minimum Gasteiger partial charge on any atom is -0.367 e. The fourth-order valence-electron chi connectivity index (χ4n) is 2.61. The van der Waals surface area contributed by atoms with Crippen molar-refractivity contribution in [3.8, 4) is 6.07 Å². The van der Waals surface area contributed by atoms with Gasteiger partial charge >= 0.3 is 6.03 Å². The maximum atomic E-state index is 12.2. The molecule has 0 bridgehead atoms. The topological polar surface area (TPSA) is 85.4 Å². The van der Waals surface area contributed by atoms with Gasteiger partial charge in [0.05, 0.1) is 11.3 Å². The third-order valence-corrected chi connectivity index (χ3v) is 3.80. The first-order valence-electron chi connectivity index (χ1n) is 7.40. The third-order valence-electron chi connectivity index (χ3n) is 3.80. The normalized spacial score (nSPS) is 14.4. The van der Waals surface area contributed by atoms with Gasteiger partial charge in [0, 0.05) is 32.2 Å². The lowest BCUT2D eigenvalue weighted by atomic mass is 10.1. The van der Waals surface area contributed by atoms with Crippen LogP contribution in [0, 0.1) is 18.3 Å². The van der Waals surface area contributed by atoms with E-state index in [4.69, 9.17) is 4.52 Å². The lowest BCUT2D eigenvalue weighted by Crippen LogP contribution is -2.50. The number of nitriles is 1. The van der Waals surface area contributed by atoms with E-state index < -0.39 is 0 Å². The molecule has 0 spiro atoms. The summed E-state index contributed by atoms with van der Waals surface area (Å²) in [7, 11) is 0. The summed E-state index contributed by atoms with van der Waals surface area (Å²) in [5, 5.41) is 15.7. The largest absolute Gasteiger partial charge is 0.367 e. The van der Waals surface area contributed by atoms with E-state index in [1.807, 2.05) is 18.2 Å². The van der Waals surface area contributed by atoms with Crippen LogP contribution in [0.5, 0.6) is 0 Å². The van der Waals surface area contributed by atoms with Crippen molar-refractivity contribution in [1.82, 2.24) is 10.1 Å². The van der Waals surface area contributed by atoms with E-state index in [-0.39, 0.29) is 6.03 Å². The molecule has 7 heteroatoms. The molecule has 1 fully saturated rings. The fraction of sp³-hybridized carbons (Fsp3) is 0.312. The average Bonchev–Trinajstić information content (AvgIpc) is 3.00. The summed E-state index contributed by atoms with van der Waals surface area (Å²) < 4.78 is 4.93. The first kappa shape index (κ1) is 14.9.